The monoisotopic (exact) mass is 255 g/mol. The van der Waals surface area contributed by atoms with Gasteiger partial charge in [0.15, 0.2) is 5.88 Å². The van der Waals surface area contributed by atoms with Crippen LogP contribution in [0.2, 0.25) is 0 Å². The Bertz CT molecular complexity index is 190. The SMILES string of the molecule is CC=C(N)OCCCCCCCCCCCCC. The van der Waals surface area contributed by atoms with Crippen LogP contribution in [0.15, 0.2) is 12.0 Å². The van der Waals surface area contributed by atoms with Crippen molar-refractivity contribution >= 4 is 0 Å². The van der Waals surface area contributed by atoms with Gasteiger partial charge in [-0.05, 0) is 19.4 Å². The molecule has 0 bridgehead atoms. The van der Waals surface area contributed by atoms with Crippen LogP contribution in [0.5, 0.6) is 0 Å². The number of nitrogens with two attached hydrogens (primary N) is 1. The van der Waals surface area contributed by atoms with Crippen LogP contribution in [-0.2, 0) is 4.74 Å². The summed E-state index contributed by atoms with van der Waals surface area (Å²) in [4.78, 5) is 0. The van der Waals surface area contributed by atoms with Gasteiger partial charge in [-0.25, -0.2) is 0 Å². The molecule has 0 amide bonds. The van der Waals surface area contributed by atoms with E-state index in [-0.39, 0.29) is 0 Å². The van der Waals surface area contributed by atoms with Gasteiger partial charge in [-0.1, -0.05) is 71.1 Å². The number of hydrogen-bond acceptors (Lipinski definition) is 2. The summed E-state index contributed by atoms with van der Waals surface area (Å²) in [5.74, 6) is 0.557. The Balaban J connectivity index is 2.99. The first-order valence-corrected chi connectivity index (χ1v) is 7.85. The minimum atomic E-state index is 0.557. The van der Waals surface area contributed by atoms with Crippen molar-refractivity contribution in [3.8, 4) is 0 Å². The van der Waals surface area contributed by atoms with E-state index < -0.39 is 0 Å². The van der Waals surface area contributed by atoms with Crippen molar-refractivity contribution in [2.24, 2.45) is 5.73 Å². The third-order valence-corrected chi connectivity index (χ3v) is 3.30. The van der Waals surface area contributed by atoms with Crippen molar-refractivity contribution in [1.29, 1.82) is 0 Å². The van der Waals surface area contributed by atoms with Crippen LogP contribution in [0, 0.1) is 0 Å². The highest BCUT2D eigenvalue weighted by molar-refractivity contribution is 4.81. The first-order chi connectivity index (χ1) is 8.81. The van der Waals surface area contributed by atoms with E-state index in [2.05, 4.69) is 6.92 Å². The van der Waals surface area contributed by atoms with Crippen LogP contribution in [0.1, 0.15) is 84.5 Å². The third-order valence-electron chi connectivity index (χ3n) is 3.30. The summed E-state index contributed by atoms with van der Waals surface area (Å²) in [5.41, 5.74) is 5.54. The maximum Gasteiger partial charge on any atom is 0.179 e. The maximum absolute atomic E-state index is 5.54. The van der Waals surface area contributed by atoms with Crippen LogP contribution in [0.25, 0.3) is 0 Å². The Hall–Kier alpha value is -0.660. The molecule has 2 nitrogen and oxygen atoms in total. The van der Waals surface area contributed by atoms with Crippen LogP contribution in [0.4, 0.5) is 0 Å². The summed E-state index contributed by atoms with van der Waals surface area (Å²) in [5, 5.41) is 0. The van der Waals surface area contributed by atoms with Crippen molar-refractivity contribution < 1.29 is 4.74 Å². The van der Waals surface area contributed by atoms with Gasteiger partial charge in [0.1, 0.15) is 0 Å². The van der Waals surface area contributed by atoms with Crippen molar-refractivity contribution in [3.05, 3.63) is 12.0 Å². The number of ether oxygens (including phenoxy) is 1. The van der Waals surface area contributed by atoms with Crippen LogP contribution < -0.4 is 5.73 Å². The Kier molecular flexibility index (Phi) is 13.9. The fourth-order valence-corrected chi connectivity index (χ4v) is 2.04. The zero-order chi connectivity index (χ0) is 13.5. The van der Waals surface area contributed by atoms with E-state index in [1.165, 1.54) is 64.2 Å². The van der Waals surface area contributed by atoms with E-state index in [9.17, 15) is 0 Å². The summed E-state index contributed by atoms with van der Waals surface area (Å²) in [6.07, 6.45) is 16.8. The molecule has 0 fully saturated rings. The molecule has 0 aromatic carbocycles. The van der Waals surface area contributed by atoms with Gasteiger partial charge < -0.3 is 10.5 Å². The lowest BCUT2D eigenvalue weighted by Crippen LogP contribution is -2.03. The van der Waals surface area contributed by atoms with E-state index in [1.54, 1.807) is 6.08 Å². The molecule has 0 rings (SSSR count). The average Bonchev–Trinajstić information content (AvgIpc) is 2.39. The molecule has 0 heterocycles. The zero-order valence-corrected chi connectivity index (χ0v) is 12.5. The normalized spacial score (nSPS) is 11.8. The van der Waals surface area contributed by atoms with Gasteiger partial charge in [0.25, 0.3) is 0 Å². The molecule has 108 valence electrons. The fourth-order valence-electron chi connectivity index (χ4n) is 2.04. The highest BCUT2D eigenvalue weighted by Crippen LogP contribution is 2.11. The smallest absolute Gasteiger partial charge is 0.179 e. The van der Waals surface area contributed by atoms with Gasteiger partial charge in [-0.15, -0.1) is 0 Å². The topological polar surface area (TPSA) is 35.2 Å². The van der Waals surface area contributed by atoms with E-state index >= 15 is 0 Å². The molecule has 0 aliphatic heterocycles. The predicted octanol–water partition coefficient (Wildman–Crippen LogP) is 5.13. The summed E-state index contributed by atoms with van der Waals surface area (Å²) in [7, 11) is 0. The minimum absolute atomic E-state index is 0.557. The number of hydrogen-bond donors (Lipinski definition) is 1. The van der Waals surface area contributed by atoms with Crippen molar-refractivity contribution in [2.75, 3.05) is 6.61 Å². The predicted molar refractivity (Wildman–Crippen MR) is 80.4 cm³/mol. The lowest BCUT2D eigenvalue weighted by molar-refractivity contribution is 0.202. The second kappa shape index (κ2) is 14.4. The Morgan fingerprint density at radius 1 is 0.833 bits per heavy atom. The quantitative estimate of drug-likeness (QED) is 0.365. The van der Waals surface area contributed by atoms with E-state index in [4.69, 9.17) is 10.5 Å². The van der Waals surface area contributed by atoms with E-state index in [0.29, 0.717) is 5.88 Å². The zero-order valence-electron chi connectivity index (χ0n) is 12.5. The molecular formula is C16H33NO. The van der Waals surface area contributed by atoms with Crippen molar-refractivity contribution in [2.45, 2.75) is 84.5 Å². The summed E-state index contributed by atoms with van der Waals surface area (Å²) >= 11 is 0. The minimum Gasteiger partial charge on any atom is -0.480 e. The van der Waals surface area contributed by atoms with E-state index in [0.717, 1.165) is 13.0 Å². The molecule has 0 radical (unpaired) electrons. The molecule has 0 unspecified atom stereocenters. The molecule has 0 saturated carbocycles. The van der Waals surface area contributed by atoms with Gasteiger partial charge in [0, 0.05) is 0 Å². The molecule has 0 aromatic heterocycles. The molecule has 0 aliphatic carbocycles. The first-order valence-electron chi connectivity index (χ1n) is 7.85. The summed E-state index contributed by atoms with van der Waals surface area (Å²) in [6, 6.07) is 0. The summed E-state index contributed by atoms with van der Waals surface area (Å²) in [6.45, 7) is 4.94. The molecule has 0 aromatic rings. The molecule has 2 heteroatoms. The average molecular weight is 255 g/mol. The van der Waals surface area contributed by atoms with Gasteiger partial charge in [-0.3, -0.25) is 0 Å². The lowest BCUT2D eigenvalue weighted by Gasteiger charge is -2.05. The van der Waals surface area contributed by atoms with Gasteiger partial charge in [-0.2, -0.15) is 0 Å². The Labute approximate surface area is 114 Å². The molecule has 18 heavy (non-hydrogen) atoms. The van der Waals surface area contributed by atoms with Crippen molar-refractivity contribution in [3.63, 3.8) is 0 Å². The van der Waals surface area contributed by atoms with Gasteiger partial charge in [0.2, 0.25) is 0 Å². The Morgan fingerprint density at radius 2 is 1.28 bits per heavy atom. The molecular weight excluding hydrogens is 222 g/mol. The highest BCUT2D eigenvalue weighted by atomic mass is 16.5. The first kappa shape index (κ1) is 17.3. The van der Waals surface area contributed by atoms with Crippen LogP contribution >= 0.6 is 0 Å². The second-order valence-corrected chi connectivity index (χ2v) is 5.08. The van der Waals surface area contributed by atoms with Crippen LogP contribution in [0.3, 0.4) is 0 Å². The second-order valence-electron chi connectivity index (χ2n) is 5.08. The molecule has 0 atom stereocenters. The number of rotatable bonds is 13. The van der Waals surface area contributed by atoms with Crippen molar-refractivity contribution in [1.82, 2.24) is 0 Å². The van der Waals surface area contributed by atoms with Crippen LogP contribution in [-0.4, -0.2) is 6.61 Å². The molecule has 2 N–H and O–H groups in total. The fraction of sp³-hybridized carbons (Fsp3) is 0.875. The molecule has 0 spiro atoms. The number of unbranched alkanes of at least 4 members (excludes halogenated alkanes) is 10. The maximum atomic E-state index is 5.54. The Morgan fingerprint density at radius 3 is 1.72 bits per heavy atom. The molecule has 0 aliphatic rings. The van der Waals surface area contributed by atoms with E-state index in [1.807, 2.05) is 6.92 Å². The van der Waals surface area contributed by atoms with Gasteiger partial charge >= 0.3 is 0 Å². The third kappa shape index (κ3) is 13.4. The molecule has 0 saturated heterocycles. The highest BCUT2D eigenvalue weighted by Gasteiger charge is 1.94. The summed E-state index contributed by atoms with van der Waals surface area (Å²) < 4.78 is 5.31. The largest absolute Gasteiger partial charge is 0.480 e. The van der Waals surface area contributed by atoms with Gasteiger partial charge in [0.05, 0.1) is 6.61 Å². The standard InChI is InChI=1S/C16H33NO/c1-3-5-6-7-8-9-10-11-12-13-14-15-18-16(17)4-2/h4H,3,5-15,17H2,1-2H3. The lowest BCUT2D eigenvalue weighted by atomic mass is 10.1. The number of allylic oxidation sites excluding steroid dienone is 1.